The number of carbonyl (C=O) groups excluding carboxylic acids is 2. The molecule has 166 valence electrons. The number of carboxylic acid groups (broad SMARTS) is 1. The van der Waals surface area contributed by atoms with Gasteiger partial charge in [0, 0.05) is 30.4 Å². The van der Waals surface area contributed by atoms with Crippen molar-refractivity contribution in [2.45, 2.75) is 89.4 Å². The molecule has 4 aliphatic rings. The number of carbonyl (C=O) groups is 3. The summed E-state index contributed by atoms with van der Waals surface area (Å²) in [6.07, 6.45) is 7.98. The molecular weight excluding hydrogens is 400 g/mol. The fourth-order valence-corrected chi connectivity index (χ4v) is 9.00. The minimum absolute atomic E-state index is 0.00745. The Labute approximate surface area is 183 Å². The Morgan fingerprint density at radius 1 is 1.17 bits per heavy atom. The zero-order valence-electron chi connectivity index (χ0n) is 18.3. The number of allylic oxidation sites excluding steroid dienone is 1. The Morgan fingerprint density at radius 3 is 2.53 bits per heavy atom. The average molecular weight is 435 g/mol. The Bertz CT molecular complexity index is 805. The summed E-state index contributed by atoms with van der Waals surface area (Å²) in [5, 5.41) is 20.7. The maximum Gasteiger partial charge on any atom is 0.303 e. The van der Waals surface area contributed by atoms with Crippen LogP contribution in [0.5, 0.6) is 0 Å². The van der Waals surface area contributed by atoms with Crippen LogP contribution in [0.2, 0.25) is 0 Å². The van der Waals surface area contributed by atoms with Gasteiger partial charge in [0.05, 0.1) is 5.60 Å². The summed E-state index contributed by atoms with van der Waals surface area (Å²) in [4.78, 5) is 35.5. The molecule has 0 heterocycles. The maximum atomic E-state index is 12.4. The SMILES string of the molecule is CC(=O)SC1CC(=O)C=C2CC[C@@H]3[C@@H](CC[C@@]4(C)[C@H]3CCC4(O)CCC(=O)O)[C@]21C. The molecule has 4 aliphatic carbocycles. The van der Waals surface area contributed by atoms with E-state index < -0.39 is 11.6 Å². The van der Waals surface area contributed by atoms with E-state index >= 15 is 0 Å². The number of hydrogen-bond acceptors (Lipinski definition) is 5. The number of hydrogen-bond donors (Lipinski definition) is 2. The van der Waals surface area contributed by atoms with Crippen molar-refractivity contribution in [3.8, 4) is 0 Å². The fourth-order valence-electron chi connectivity index (χ4n) is 7.78. The molecule has 2 unspecified atom stereocenters. The van der Waals surface area contributed by atoms with Gasteiger partial charge in [-0.05, 0) is 74.2 Å². The van der Waals surface area contributed by atoms with Gasteiger partial charge in [-0.2, -0.15) is 0 Å². The zero-order valence-corrected chi connectivity index (χ0v) is 19.1. The lowest BCUT2D eigenvalue weighted by atomic mass is 9.46. The molecule has 0 aromatic carbocycles. The smallest absolute Gasteiger partial charge is 0.303 e. The quantitative estimate of drug-likeness (QED) is 0.683. The van der Waals surface area contributed by atoms with E-state index in [1.807, 2.05) is 6.08 Å². The number of thioether (sulfide) groups is 1. The van der Waals surface area contributed by atoms with Gasteiger partial charge in [0.2, 0.25) is 0 Å². The molecule has 0 saturated heterocycles. The number of fused-ring (bicyclic) bond motifs is 5. The molecule has 2 N–H and O–H groups in total. The highest BCUT2D eigenvalue weighted by molar-refractivity contribution is 8.14. The molecule has 6 heteroatoms. The van der Waals surface area contributed by atoms with Gasteiger partial charge in [-0.15, -0.1) is 0 Å². The van der Waals surface area contributed by atoms with Crippen LogP contribution in [-0.2, 0) is 14.4 Å². The number of carboxylic acids is 1. The largest absolute Gasteiger partial charge is 0.481 e. The summed E-state index contributed by atoms with van der Waals surface area (Å²) in [7, 11) is 0. The highest BCUT2D eigenvalue weighted by Crippen LogP contribution is 2.69. The van der Waals surface area contributed by atoms with E-state index in [-0.39, 0.29) is 33.4 Å². The van der Waals surface area contributed by atoms with Crippen molar-refractivity contribution in [2.24, 2.45) is 28.6 Å². The zero-order chi connectivity index (χ0) is 21.9. The van der Waals surface area contributed by atoms with E-state index in [2.05, 4.69) is 13.8 Å². The molecule has 3 saturated carbocycles. The lowest BCUT2D eigenvalue weighted by Crippen LogP contribution is -2.57. The third-order valence-electron chi connectivity index (χ3n) is 9.42. The van der Waals surface area contributed by atoms with Crippen LogP contribution in [0.15, 0.2) is 11.6 Å². The molecule has 0 spiro atoms. The molecular formula is C24H34O5S. The van der Waals surface area contributed by atoms with Gasteiger partial charge < -0.3 is 10.2 Å². The molecule has 3 fully saturated rings. The minimum atomic E-state index is -0.909. The van der Waals surface area contributed by atoms with Gasteiger partial charge >= 0.3 is 5.97 Å². The normalized spacial score (nSPS) is 45.2. The molecule has 0 aromatic rings. The van der Waals surface area contributed by atoms with Crippen LogP contribution >= 0.6 is 11.8 Å². The number of aliphatic carboxylic acids is 1. The summed E-state index contributed by atoms with van der Waals surface area (Å²) in [5.74, 6) is 0.522. The minimum Gasteiger partial charge on any atom is -0.481 e. The predicted octanol–water partition coefficient (Wildman–Crippen LogP) is 4.37. The molecule has 0 aromatic heterocycles. The highest BCUT2D eigenvalue weighted by Gasteiger charge is 2.64. The number of rotatable bonds is 4. The molecule has 0 aliphatic heterocycles. The van der Waals surface area contributed by atoms with Crippen LogP contribution in [0.1, 0.15) is 78.6 Å². The topological polar surface area (TPSA) is 91.7 Å². The van der Waals surface area contributed by atoms with Gasteiger partial charge in [-0.1, -0.05) is 31.2 Å². The summed E-state index contributed by atoms with van der Waals surface area (Å²) < 4.78 is 0. The van der Waals surface area contributed by atoms with Crippen molar-refractivity contribution in [1.29, 1.82) is 0 Å². The first kappa shape index (κ1) is 22.1. The van der Waals surface area contributed by atoms with Crippen LogP contribution < -0.4 is 0 Å². The summed E-state index contributed by atoms with van der Waals surface area (Å²) in [6.45, 7) is 6.05. The first-order chi connectivity index (χ1) is 14.0. The van der Waals surface area contributed by atoms with Crippen LogP contribution in [-0.4, -0.2) is 37.9 Å². The second-order valence-electron chi connectivity index (χ2n) is 10.6. The van der Waals surface area contributed by atoms with Crippen molar-refractivity contribution in [3.63, 3.8) is 0 Å². The third kappa shape index (κ3) is 3.21. The Morgan fingerprint density at radius 2 is 1.87 bits per heavy atom. The van der Waals surface area contributed by atoms with E-state index in [4.69, 9.17) is 5.11 Å². The second kappa shape index (κ2) is 7.47. The fraction of sp³-hybridized carbons (Fsp3) is 0.792. The first-order valence-corrected chi connectivity index (χ1v) is 12.2. The van der Waals surface area contributed by atoms with Crippen molar-refractivity contribution in [3.05, 3.63) is 11.6 Å². The standard InChI is InChI=1S/C24H34O5S/c1-14(25)30-20-13-16(26)12-15-4-5-17-18-7-10-24(29,11-8-21(27)28)22(18,2)9-6-19(17)23(15,20)3/h12,17-20,29H,4-11,13H2,1-3H3,(H,27,28)/t17-,18-,19+,20?,22-,23-,24?/m0/s1. The Balaban J connectivity index is 1.65. The first-order valence-electron chi connectivity index (χ1n) is 11.4. The second-order valence-corrected chi connectivity index (χ2v) is 11.9. The average Bonchev–Trinajstić information content (AvgIpc) is 2.92. The molecule has 30 heavy (non-hydrogen) atoms. The lowest BCUT2D eigenvalue weighted by molar-refractivity contribution is -0.147. The van der Waals surface area contributed by atoms with Crippen molar-refractivity contribution < 1.29 is 24.6 Å². The van der Waals surface area contributed by atoms with Gasteiger partial charge in [-0.25, -0.2) is 0 Å². The van der Waals surface area contributed by atoms with E-state index in [1.165, 1.54) is 17.3 Å². The molecule has 7 atom stereocenters. The summed E-state index contributed by atoms with van der Waals surface area (Å²) >= 11 is 1.34. The Hall–Kier alpha value is -1.14. The van der Waals surface area contributed by atoms with Gasteiger partial charge in [0.25, 0.3) is 0 Å². The Kier molecular flexibility index (Phi) is 5.50. The van der Waals surface area contributed by atoms with Gasteiger partial charge in [-0.3, -0.25) is 14.4 Å². The number of aliphatic hydroxyl groups is 1. The predicted molar refractivity (Wildman–Crippen MR) is 116 cm³/mol. The van der Waals surface area contributed by atoms with Crippen LogP contribution in [0.25, 0.3) is 0 Å². The van der Waals surface area contributed by atoms with Crippen LogP contribution in [0, 0.1) is 28.6 Å². The van der Waals surface area contributed by atoms with Crippen molar-refractivity contribution >= 4 is 28.6 Å². The van der Waals surface area contributed by atoms with Crippen LogP contribution in [0.4, 0.5) is 0 Å². The third-order valence-corrected chi connectivity index (χ3v) is 10.7. The molecule has 0 bridgehead atoms. The van der Waals surface area contributed by atoms with E-state index in [0.717, 1.165) is 32.1 Å². The summed E-state index contributed by atoms with van der Waals surface area (Å²) in [6, 6.07) is 0. The van der Waals surface area contributed by atoms with Crippen LogP contribution in [0.3, 0.4) is 0 Å². The highest BCUT2D eigenvalue weighted by atomic mass is 32.2. The monoisotopic (exact) mass is 434 g/mol. The van der Waals surface area contributed by atoms with E-state index in [9.17, 15) is 19.5 Å². The molecule has 5 nitrogen and oxygen atoms in total. The molecule has 4 rings (SSSR count). The van der Waals surface area contributed by atoms with E-state index in [1.54, 1.807) is 6.92 Å². The maximum absolute atomic E-state index is 12.4. The van der Waals surface area contributed by atoms with Gasteiger partial charge in [0.1, 0.15) is 0 Å². The molecule has 0 amide bonds. The lowest BCUT2D eigenvalue weighted by Gasteiger charge is -2.60. The summed E-state index contributed by atoms with van der Waals surface area (Å²) in [5.41, 5.74) is -0.0966. The van der Waals surface area contributed by atoms with Gasteiger partial charge in [0.15, 0.2) is 10.9 Å². The van der Waals surface area contributed by atoms with Crippen molar-refractivity contribution in [1.82, 2.24) is 0 Å². The van der Waals surface area contributed by atoms with E-state index in [0.29, 0.717) is 37.0 Å². The van der Waals surface area contributed by atoms with Crippen molar-refractivity contribution in [2.75, 3.05) is 0 Å². The number of ketones is 1. The molecule has 0 radical (unpaired) electrons.